The molecule has 0 unspecified atom stereocenters. The Morgan fingerprint density at radius 3 is 2.68 bits per heavy atom. The normalized spacial score (nSPS) is 19.5. The molecule has 0 radical (unpaired) electrons. The zero-order valence-corrected chi connectivity index (χ0v) is 24.2. The van der Waals surface area contributed by atoms with E-state index >= 15 is 4.39 Å². The molecule has 1 saturated heterocycles. The molecule has 1 fully saturated rings. The second-order valence-corrected chi connectivity index (χ2v) is 10.7. The topological polar surface area (TPSA) is 101 Å². The largest absolute Gasteiger partial charge is 0.495 e. The van der Waals surface area contributed by atoms with Crippen LogP contribution in [0.1, 0.15) is 33.5 Å². The molecule has 236 valence electrons. The number of nitrogens with one attached hydrogen (secondary N) is 2. The number of likely N-dealkylation sites (tertiary alicyclic amines) is 1. The van der Waals surface area contributed by atoms with E-state index in [1.54, 1.807) is 18.0 Å². The summed E-state index contributed by atoms with van der Waals surface area (Å²) in [5, 5.41) is 5.17. The fourth-order valence-corrected chi connectivity index (χ4v) is 5.04. The first-order valence-corrected chi connectivity index (χ1v) is 13.7. The zero-order chi connectivity index (χ0) is 31.6. The molecule has 1 aromatic heterocycles. The van der Waals surface area contributed by atoms with Crippen molar-refractivity contribution in [3.63, 3.8) is 0 Å². The van der Waals surface area contributed by atoms with Gasteiger partial charge in [-0.05, 0) is 38.2 Å². The van der Waals surface area contributed by atoms with Crippen molar-refractivity contribution in [2.24, 2.45) is 0 Å². The van der Waals surface area contributed by atoms with Crippen LogP contribution >= 0.6 is 0 Å². The number of aromatic nitrogens is 2. The molecular weight excluding hydrogens is 591 g/mol. The number of alkyl halides is 4. The van der Waals surface area contributed by atoms with Gasteiger partial charge in [-0.25, -0.2) is 13.8 Å². The minimum atomic E-state index is -4.85. The van der Waals surface area contributed by atoms with Crippen LogP contribution in [0.2, 0.25) is 0 Å². The van der Waals surface area contributed by atoms with Crippen LogP contribution in [-0.4, -0.2) is 78.9 Å². The van der Waals surface area contributed by atoms with E-state index < -0.39 is 47.1 Å². The molecule has 0 spiro atoms. The van der Waals surface area contributed by atoms with Gasteiger partial charge in [-0.3, -0.25) is 9.69 Å². The van der Waals surface area contributed by atoms with Gasteiger partial charge < -0.3 is 29.7 Å². The number of piperidine rings is 1. The molecule has 15 heteroatoms. The van der Waals surface area contributed by atoms with E-state index in [4.69, 9.17) is 14.2 Å². The molecule has 0 aliphatic carbocycles. The average molecular weight is 623 g/mol. The molecule has 5 rings (SSSR count). The van der Waals surface area contributed by atoms with Crippen molar-refractivity contribution in [1.29, 1.82) is 0 Å². The van der Waals surface area contributed by atoms with Crippen LogP contribution in [0.3, 0.4) is 0 Å². The maximum atomic E-state index is 15.2. The van der Waals surface area contributed by atoms with Crippen molar-refractivity contribution in [3.05, 3.63) is 64.6 Å². The standard InChI is InChI=1S/C29H31F5N6O4/c1-39-8-7-22(21(31)13-39)36-26(41)17-9-25(42-3)23(10-20(17)30)37-28-35-11-19(29(32,33)34)27(38-28)44-24-6-4-5-16-12-40(2)15-43-14-18(16)24/h4-6,9-11,21-22H,7-8,12-15H2,1-3H3,(H,36,41)(H,35,37,38)/t21-,22+/m0/s1. The second kappa shape index (κ2) is 12.9. The Labute approximate surface area is 250 Å². The lowest BCUT2D eigenvalue weighted by Crippen LogP contribution is -2.51. The SMILES string of the molecule is COc1cc(C(=O)N[C@@H]2CCN(C)C[C@@H]2F)c(F)cc1Nc1ncc(C(F)(F)F)c(Oc2cccc3c2COCN(C)C3)n1. The van der Waals surface area contributed by atoms with Crippen molar-refractivity contribution in [2.75, 3.05) is 46.3 Å². The summed E-state index contributed by atoms with van der Waals surface area (Å²) in [6.45, 7) is 1.65. The van der Waals surface area contributed by atoms with Gasteiger partial charge in [0.1, 0.15) is 29.1 Å². The second-order valence-electron chi connectivity index (χ2n) is 10.7. The number of benzene rings is 2. The molecule has 3 heterocycles. The Balaban J connectivity index is 1.42. The highest BCUT2D eigenvalue weighted by atomic mass is 19.4. The summed E-state index contributed by atoms with van der Waals surface area (Å²) in [5.74, 6) is -2.84. The zero-order valence-electron chi connectivity index (χ0n) is 24.2. The lowest BCUT2D eigenvalue weighted by molar-refractivity contribution is -0.139. The molecule has 10 nitrogen and oxygen atoms in total. The maximum Gasteiger partial charge on any atom is 0.423 e. The molecule has 2 aliphatic heterocycles. The van der Waals surface area contributed by atoms with Crippen molar-refractivity contribution >= 4 is 17.5 Å². The van der Waals surface area contributed by atoms with Gasteiger partial charge in [0.25, 0.3) is 5.91 Å². The third kappa shape index (κ3) is 7.00. The van der Waals surface area contributed by atoms with Crippen molar-refractivity contribution in [3.8, 4) is 17.4 Å². The summed E-state index contributed by atoms with van der Waals surface area (Å²) in [7, 11) is 4.87. The molecule has 2 N–H and O–H groups in total. The fraction of sp³-hybridized carbons (Fsp3) is 0.414. The van der Waals surface area contributed by atoms with E-state index in [1.807, 2.05) is 18.0 Å². The highest BCUT2D eigenvalue weighted by Gasteiger charge is 2.37. The number of ether oxygens (including phenoxy) is 3. The monoisotopic (exact) mass is 622 g/mol. The van der Waals surface area contributed by atoms with Gasteiger partial charge in [-0.1, -0.05) is 12.1 Å². The van der Waals surface area contributed by atoms with Gasteiger partial charge in [-0.15, -0.1) is 0 Å². The van der Waals surface area contributed by atoms with Crippen LogP contribution in [0, 0.1) is 5.82 Å². The third-order valence-corrected chi connectivity index (χ3v) is 7.34. The number of nitrogens with zero attached hydrogens (tertiary/aromatic N) is 4. The van der Waals surface area contributed by atoms with Gasteiger partial charge in [-0.2, -0.15) is 18.2 Å². The Morgan fingerprint density at radius 1 is 1.16 bits per heavy atom. The average Bonchev–Trinajstić information content (AvgIpc) is 3.15. The highest BCUT2D eigenvalue weighted by Crippen LogP contribution is 2.39. The van der Waals surface area contributed by atoms with E-state index in [0.717, 1.165) is 17.7 Å². The number of anilines is 2. The van der Waals surface area contributed by atoms with Crippen molar-refractivity contribution in [2.45, 2.75) is 38.0 Å². The number of hydrogen-bond acceptors (Lipinski definition) is 9. The Bertz CT molecular complexity index is 1520. The first kappa shape index (κ1) is 31.3. The van der Waals surface area contributed by atoms with Crippen LogP contribution < -0.4 is 20.1 Å². The number of carbonyl (C=O) groups excluding carboxylic acids is 1. The number of amides is 1. The first-order valence-electron chi connectivity index (χ1n) is 13.7. The van der Waals surface area contributed by atoms with E-state index in [9.17, 15) is 22.4 Å². The fourth-order valence-electron chi connectivity index (χ4n) is 5.04. The van der Waals surface area contributed by atoms with Gasteiger partial charge in [0.15, 0.2) is 0 Å². The Hall–Kier alpha value is -4.08. The molecule has 2 atom stereocenters. The quantitative estimate of drug-likeness (QED) is 0.358. The van der Waals surface area contributed by atoms with Gasteiger partial charge in [0.05, 0.1) is 37.7 Å². The van der Waals surface area contributed by atoms with Crippen molar-refractivity contribution in [1.82, 2.24) is 25.1 Å². The Morgan fingerprint density at radius 2 is 1.95 bits per heavy atom. The number of hydrogen-bond donors (Lipinski definition) is 2. The predicted molar refractivity (Wildman–Crippen MR) is 149 cm³/mol. The number of methoxy groups -OCH3 is 1. The number of halogens is 5. The first-order chi connectivity index (χ1) is 20.9. The summed E-state index contributed by atoms with van der Waals surface area (Å²) in [6.07, 6.45) is -5.26. The van der Waals surface area contributed by atoms with E-state index in [-0.39, 0.29) is 36.3 Å². The van der Waals surface area contributed by atoms with Gasteiger partial charge in [0, 0.05) is 37.5 Å². The molecule has 0 saturated carbocycles. The minimum Gasteiger partial charge on any atom is -0.495 e. The highest BCUT2D eigenvalue weighted by molar-refractivity contribution is 5.96. The molecule has 44 heavy (non-hydrogen) atoms. The van der Waals surface area contributed by atoms with Crippen LogP contribution in [0.25, 0.3) is 0 Å². The van der Waals surface area contributed by atoms with Gasteiger partial charge >= 0.3 is 6.18 Å². The molecule has 2 aliphatic rings. The molecule has 3 aromatic rings. The van der Waals surface area contributed by atoms with E-state index in [2.05, 4.69) is 20.6 Å². The van der Waals surface area contributed by atoms with Crippen LogP contribution in [-0.2, 0) is 24.1 Å². The number of rotatable bonds is 7. The summed E-state index contributed by atoms with van der Waals surface area (Å²) in [5.41, 5.74) is -0.285. The number of carbonyl (C=O) groups is 1. The molecule has 1 amide bonds. The van der Waals surface area contributed by atoms with Gasteiger partial charge in [0.2, 0.25) is 11.8 Å². The minimum absolute atomic E-state index is 0.0302. The molecular formula is C29H31F5N6O4. The van der Waals surface area contributed by atoms with Crippen LogP contribution in [0.15, 0.2) is 36.5 Å². The Kier molecular flexibility index (Phi) is 9.18. The lowest BCUT2D eigenvalue weighted by Gasteiger charge is -2.32. The maximum absolute atomic E-state index is 15.2. The smallest absolute Gasteiger partial charge is 0.423 e. The van der Waals surface area contributed by atoms with E-state index in [1.165, 1.54) is 13.2 Å². The van der Waals surface area contributed by atoms with Crippen molar-refractivity contribution < 1.29 is 41.0 Å². The summed E-state index contributed by atoms with van der Waals surface area (Å²) < 4.78 is 88.0. The molecule has 2 aromatic carbocycles. The van der Waals surface area contributed by atoms with Crippen LogP contribution in [0.5, 0.6) is 17.4 Å². The number of fused-ring (bicyclic) bond motifs is 1. The molecule has 0 bridgehead atoms. The summed E-state index contributed by atoms with van der Waals surface area (Å²) in [4.78, 5) is 24.2. The summed E-state index contributed by atoms with van der Waals surface area (Å²) >= 11 is 0. The summed E-state index contributed by atoms with van der Waals surface area (Å²) in [6, 6.07) is 6.25. The third-order valence-electron chi connectivity index (χ3n) is 7.34. The predicted octanol–water partition coefficient (Wildman–Crippen LogP) is 4.87. The van der Waals surface area contributed by atoms with E-state index in [0.29, 0.717) is 38.0 Å². The lowest BCUT2D eigenvalue weighted by atomic mass is 10.0. The van der Waals surface area contributed by atoms with Crippen LogP contribution in [0.4, 0.5) is 33.6 Å².